The number of ether oxygens (including phenoxy) is 1. The van der Waals surface area contributed by atoms with Crippen LogP contribution in [-0.4, -0.2) is 33.1 Å². The van der Waals surface area contributed by atoms with Crippen LogP contribution in [0.25, 0.3) is 0 Å². The molecule has 0 unspecified atom stereocenters. The first kappa shape index (κ1) is 21.2. The van der Waals surface area contributed by atoms with E-state index in [2.05, 4.69) is 10.3 Å². The Labute approximate surface area is 174 Å². The first-order chi connectivity index (χ1) is 14.2. The number of amides is 2. The average molecular weight is 424 g/mol. The smallest absolute Gasteiger partial charge is 0.345 e. The standard InChI is InChI=1S/C22H20N2O5S/c1-14-13-19(24-22(26)23-16-7-5-4-6-8-16)15(2)21(20(14)25)30(27,28)18-11-9-17(29-3)10-12-18/h4-13H,1-3H3,(H,23,26). The van der Waals surface area contributed by atoms with E-state index in [0.29, 0.717) is 11.4 Å². The lowest BCUT2D eigenvalue weighted by atomic mass is 9.98. The van der Waals surface area contributed by atoms with E-state index in [1.807, 2.05) is 6.07 Å². The normalized spacial score (nSPS) is 15.8. The molecule has 0 atom stereocenters. The summed E-state index contributed by atoms with van der Waals surface area (Å²) in [5, 5.41) is 2.61. The molecular formula is C22H20N2O5S. The Morgan fingerprint density at radius 1 is 1.00 bits per heavy atom. The zero-order valence-electron chi connectivity index (χ0n) is 16.7. The molecule has 0 heterocycles. The molecule has 154 valence electrons. The minimum Gasteiger partial charge on any atom is -0.497 e. The van der Waals surface area contributed by atoms with Gasteiger partial charge in [-0.25, -0.2) is 13.2 Å². The number of para-hydroxylation sites is 1. The van der Waals surface area contributed by atoms with Crippen molar-refractivity contribution in [3.05, 3.63) is 76.7 Å². The van der Waals surface area contributed by atoms with Crippen molar-refractivity contribution in [3.8, 4) is 5.75 Å². The van der Waals surface area contributed by atoms with Gasteiger partial charge in [0.25, 0.3) is 0 Å². The highest BCUT2D eigenvalue weighted by molar-refractivity contribution is 7.96. The van der Waals surface area contributed by atoms with Gasteiger partial charge in [-0.15, -0.1) is 0 Å². The first-order valence-electron chi connectivity index (χ1n) is 9.02. The predicted molar refractivity (Wildman–Crippen MR) is 115 cm³/mol. The van der Waals surface area contributed by atoms with Crippen LogP contribution in [0.3, 0.4) is 0 Å². The lowest BCUT2D eigenvalue weighted by Crippen LogP contribution is -2.24. The number of sulfone groups is 1. The number of aliphatic imine (C=N–C) groups is 1. The zero-order valence-corrected chi connectivity index (χ0v) is 17.5. The van der Waals surface area contributed by atoms with Gasteiger partial charge in [0.05, 0.1) is 17.7 Å². The second-order valence-electron chi connectivity index (χ2n) is 6.58. The number of methoxy groups -OCH3 is 1. The highest BCUT2D eigenvalue weighted by atomic mass is 32.2. The highest BCUT2D eigenvalue weighted by Crippen LogP contribution is 2.30. The molecule has 0 saturated heterocycles. The number of ketones is 1. The van der Waals surface area contributed by atoms with E-state index >= 15 is 0 Å². The van der Waals surface area contributed by atoms with E-state index < -0.39 is 21.7 Å². The number of nitrogens with zero attached hydrogens (tertiary/aromatic N) is 1. The van der Waals surface area contributed by atoms with Crippen LogP contribution in [0.4, 0.5) is 10.5 Å². The number of hydrogen-bond donors (Lipinski definition) is 1. The summed E-state index contributed by atoms with van der Waals surface area (Å²) >= 11 is 0. The molecule has 3 rings (SSSR count). The SMILES string of the molecule is COc1ccc(S(=O)(=O)C2=C(C)C(=NC(=O)Nc3ccccc3)C=C(C)C2=O)cc1. The maximum absolute atomic E-state index is 13.2. The fraction of sp³-hybridized carbons (Fsp3) is 0.136. The number of nitrogens with one attached hydrogen (secondary N) is 1. The van der Waals surface area contributed by atoms with Gasteiger partial charge in [0.15, 0.2) is 0 Å². The largest absolute Gasteiger partial charge is 0.497 e. The van der Waals surface area contributed by atoms with Crippen LogP contribution in [0.5, 0.6) is 5.75 Å². The van der Waals surface area contributed by atoms with Crippen LogP contribution >= 0.6 is 0 Å². The molecule has 1 aliphatic rings. The summed E-state index contributed by atoms with van der Waals surface area (Å²) < 4.78 is 31.4. The van der Waals surface area contributed by atoms with E-state index in [0.717, 1.165) is 0 Å². The van der Waals surface area contributed by atoms with Crippen LogP contribution in [0.15, 0.2) is 86.6 Å². The lowest BCUT2D eigenvalue weighted by molar-refractivity contribution is -0.111. The van der Waals surface area contributed by atoms with E-state index in [-0.39, 0.29) is 26.7 Å². The van der Waals surface area contributed by atoms with Gasteiger partial charge in [-0.2, -0.15) is 4.99 Å². The molecular weight excluding hydrogens is 404 g/mol. The topological polar surface area (TPSA) is 102 Å². The van der Waals surface area contributed by atoms with E-state index in [1.165, 1.54) is 51.3 Å². The minimum atomic E-state index is -4.12. The summed E-state index contributed by atoms with van der Waals surface area (Å²) in [6.07, 6.45) is 1.41. The number of carbonyl (C=O) groups excluding carboxylic acids is 2. The molecule has 0 aromatic heterocycles. The maximum Gasteiger partial charge on any atom is 0.345 e. The highest BCUT2D eigenvalue weighted by Gasteiger charge is 2.34. The Morgan fingerprint density at radius 2 is 1.63 bits per heavy atom. The van der Waals surface area contributed by atoms with Gasteiger partial charge in [0.2, 0.25) is 15.6 Å². The van der Waals surface area contributed by atoms with Gasteiger partial charge in [-0.1, -0.05) is 18.2 Å². The first-order valence-corrected chi connectivity index (χ1v) is 10.5. The Bertz CT molecular complexity index is 1190. The van der Waals surface area contributed by atoms with Crippen molar-refractivity contribution in [2.24, 2.45) is 4.99 Å². The van der Waals surface area contributed by atoms with Crippen LogP contribution in [0.1, 0.15) is 13.8 Å². The van der Waals surface area contributed by atoms with Crippen LogP contribution in [0.2, 0.25) is 0 Å². The molecule has 0 spiro atoms. The Hall–Kier alpha value is -3.52. The quantitative estimate of drug-likeness (QED) is 0.749. The minimum absolute atomic E-state index is 0.0474. The lowest BCUT2D eigenvalue weighted by Gasteiger charge is -2.18. The molecule has 0 fully saturated rings. The average Bonchev–Trinajstić information content (AvgIpc) is 2.72. The molecule has 0 radical (unpaired) electrons. The van der Waals surface area contributed by atoms with Gasteiger partial charge in [0.1, 0.15) is 10.7 Å². The van der Waals surface area contributed by atoms with E-state index in [1.54, 1.807) is 24.3 Å². The van der Waals surface area contributed by atoms with Crippen molar-refractivity contribution >= 4 is 33.1 Å². The third-order valence-corrected chi connectivity index (χ3v) is 6.45. The zero-order chi connectivity index (χ0) is 21.9. The molecule has 7 nitrogen and oxygen atoms in total. The van der Waals surface area contributed by atoms with Gasteiger partial charge in [-0.3, -0.25) is 4.79 Å². The van der Waals surface area contributed by atoms with E-state index in [4.69, 9.17) is 4.74 Å². The molecule has 1 N–H and O–H groups in total. The number of anilines is 1. The number of rotatable bonds is 4. The van der Waals surface area contributed by atoms with Gasteiger partial charge in [-0.05, 0) is 67.5 Å². The van der Waals surface area contributed by atoms with Crippen LogP contribution in [0, 0.1) is 0 Å². The molecule has 0 bridgehead atoms. The second-order valence-corrected chi connectivity index (χ2v) is 8.47. The predicted octanol–water partition coefficient (Wildman–Crippen LogP) is 3.95. The van der Waals surface area contributed by atoms with E-state index in [9.17, 15) is 18.0 Å². The molecule has 8 heteroatoms. The van der Waals surface area contributed by atoms with Crippen molar-refractivity contribution in [2.45, 2.75) is 18.7 Å². The molecule has 30 heavy (non-hydrogen) atoms. The maximum atomic E-state index is 13.2. The van der Waals surface area contributed by atoms with Crippen molar-refractivity contribution in [1.29, 1.82) is 0 Å². The summed E-state index contributed by atoms with van der Waals surface area (Å²) in [5.74, 6) is -0.128. The van der Waals surface area contributed by atoms with Crippen molar-refractivity contribution in [2.75, 3.05) is 12.4 Å². The number of carbonyl (C=O) groups is 2. The second kappa shape index (κ2) is 8.46. The van der Waals surface area contributed by atoms with Crippen molar-refractivity contribution < 1.29 is 22.7 Å². The number of allylic oxidation sites excluding steroid dienone is 4. The summed E-state index contributed by atoms with van der Waals surface area (Å²) in [4.78, 5) is 28.6. The summed E-state index contributed by atoms with van der Waals surface area (Å²) in [6.45, 7) is 2.95. The van der Waals surface area contributed by atoms with Gasteiger partial charge >= 0.3 is 6.03 Å². The molecule has 2 aromatic carbocycles. The molecule has 0 saturated carbocycles. The van der Waals surface area contributed by atoms with Crippen LogP contribution < -0.4 is 10.1 Å². The Balaban J connectivity index is 2.02. The van der Waals surface area contributed by atoms with Crippen LogP contribution in [-0.2, 0) is 14.6 Å². The Kier molecular flexibility index (Phi) is 5.98. The third kappa shape index (κ3) is 4.23. The van der Waals surface area contributed by atoms with Crippen molar-refractivity contribution in [1.82, 2.24) is 0 Å². The summed E-state index contributed by atoms with van der Waals surface area (Å²) in [5.41, 5.74) is 0.961. The molecule has 2 amide bonds. The molecule has 2 aromatic rings. The molecule has 1 aliphatic carbocycles. The Morgan fingerprint density at radius 3 is 2.23 bits per heavy atom. The fourth-order valence-corrected chi connectivity index (χ4v) is 4.58. The fourth-order valence-electron chi connectivity index (χ4n) is 2.94. The number of urea groups is 1. The van der Waals surface area contributed by atoms with Gasteiger partial charge in [0, 0.05) is 5.69 Å². The summed E-state index contributed by atoms with van der Waals surface area (Å²) in [7, 11) is -2.65. The number of benzene rings is 2. The van der Waals surface area contributed by atoms with Crippen molar-refractivity contribution in [3.63, 3.8) is 0 Å². The molecule has 0 aliphatic heterocycles. The number of Topliss-reactive ketones (excluding diaryl/α,β-unsaturated/α-hetero) is 1. The van der Waals surface area contributed by atoms with Gasteiger partial charge < -0.3 is 10.1 Å². The number of hydrogen-bond acceptors (Lipinski definition) is 5. The third-order valence-electron chi connectivity index (χ3n) is 4.53. The monoisotopic (exact) mass is 424 g/mol. The summed E-state index contributed by atoms with van der Waals surface area (Å²) in [6, 6.07) is 13.8.